The molecule has 30 heavy (non-hydrogen) atoms. The molecule has 0 spiro atoms. The first kappa shape index (κ1) is 21.0. The summed E-state index contributed by atoms with van der Waals surface area (Å²) in [6, 6.07) is 14.3. The van der Waals surface area contributed by atoms with Gasteiger partial charge in [-0.2, -0.15) is 0 Å². The average molecular weight is 399 g/mol. The van der Waals surface area contributed by atoms with Gasteiger partial charge in [0.15, 0.2) is 0 Å². The number of phenols is 3. The van der Waals surface area contributed by atoms with Crippen LogP contribution < -0.4 is 0 Å². The van der Waals surface area contributed by atoms with Gasteiger partial charge in [-0.3, -0.25) is 0 Å². The maximum Gasteiger partial charge on any atom is 0.131 e. The zero-order chi connectivity index (χ0) is 21.7. The molecule has 0 aromatic heterocycles. The van der Waals surface area contributed by atoms with E-state index in [-0.39, 0.29) is 17.2 Å². The van der Waals surface area contributed by atoms with Crippen molar-refractivity contribution >= 4 is 0 Å². The van der Waals surface area contributed by atoms with Gasteiger partial charge in [0.05, 0.1) is 0 Å². The van der Waals surface area contributed by atoms with Gasteiger partial charge in [-0.15, -0.1) is 19.7 Å². The standard InChI is InChI=1S/C27H26O3/c1-4-7-18-10-12-25(28)21(14-18)23-16-20(9-6-3)17-24(27(23)30)22-15-19(8-5-2)11-13-26(22)29/h4-6,10-17,28-30H,1-3,7-9H2. The normalized spacial score (nSPS) is 10.5. The molecule has 0 amide bonds. The van der Waals surface area contributed by atoms with Crippen molar-refractivity contribution in [1.82, 2.24) is 0 Å². The molecule has 3 nitrogen and oxygen atoms in total. The van der Waals surface area contributed by atoms with E-state index in [1.807, 2.05) is 36.4 Å². The zero-order valence-corrected chi connectivity index (χ0v) is 16.9. The fourth-order valence-corrected chi connectivity index (χ4v) is 3.57. The lowest BCUT2D eigenvalue weighted by Crippen LogP contribution is -1.93. The molecular weight excluding hydrogens is 372 g/mol. The minimum atomic E-state index is -0.0000756. The highest BCUT2D eigenvalue weighted by molar-refractivity contribution is 5.87. The predicted molar refractivity (Wildman–Crippen MR) is 124 cm³/mol. The molecule has 0 saturated heterocycles. The second-order valence-corrected chi connectivity index (χ2v) is 7.22. The van der Waals surface area contributed by atoms with E-state index < -0.39 is 0 Å². The summed E-state index contributed by atoms with van der Waals surface area (Å²) in [5, 5.41) is 32.2. The van der Waals surface area contributed by atoms with Gasteiger partial charge in [-0.25, -0.2) is 0 Å². The van der Waals surface area contributed by atoms with Gasteiger partial charge in [0, 0.05) is 22.3 Å². The summed E-state index contributed by atoms with van der Waals surface area (Å²) in [6.07, 6.45) is 7.25. The van der Waals surface area contributed by atoms with E-state index in [0.717, 1.165) is 16.7 Å². The second kappa shape index (κ2) is 9.19. The minimum absolute atomic E-state index is 0.0000756. The van der Waals surface area contributed by atoms with Crippen LogP contribution in [0.4, 0.5) is 0 Å². The quantitative estimate of drug-likeness (QED) is 0.389. The van der Waals surface area contributed by atoms with E-state index >= 15 is 0 Å². The van der Waals surface area contributed by atoms with Crippen LogP contribution in [-0.2, 0) is 19.3 Å². The highest BCUT2D eigenvalue weighted by atomic mass is 16.3. The molecule has 0 atom stereocenters. The maximum absolute atomic E-state index is 11.2. The number of benzene rings is 3. The molecule has 0 radical (unpaired) electrons. The molecule has 0 fully saturated rings. The average Bonchev–Trinajstić information content (AvgIpc) is 2.73. The van der Waals surface area contributed by atoms with Crippen molar-refractivity contribution in [2.24, 2.45) is 0 Å². The monoisotopic (exact) mass is 398 g/mol. The Bertz CT molecular complexity index is 1030. The van der Waals surface area contributed by atoms with Crippen LogP contribution in [0.15, 0.2) is 86.5 Å². The lowest BCUT2D eigenvalue weighted by molar-refractivity contribution is 0.466. The van der Waals surface area contributed by atoms with Crippen molar-refractivity contribution in [1.29, 1.82) is 0 Å². The van der Waals surface area contributed by atoms with Crippen molar-refractivity contribution in [3.05, 3.63) is 103 Å². The SMILES string of the molecule is C=CCc1ccc(O)c(-c2cc(CC=C)cc(-c3cc(CC=C)ccc3O)c2O)c1. The molecule has 0 heterocycles. The molecule has 152 valence electrons. The Morgan fingerprint density at radius 1 is 0.533 bits per heavy atom. The number of allylic oxidation sites excluding steroid dienone is 3. The molecule has 0 aliphatic heterocycles. The van der Waals surface area contributed by atoms with Crippen LogP contribution in [0.5, 0.6) is 17.2 Å². The van der Waals surface area contributed by atoms with E-state index in [4.69, 9.17) is 0 Å². The molecule has 0 aliphatic carbocycles. The van der Waals surface area contributed by atoms with Crippen molar-refractivity contribution < 1.29 is 15.3 Å². The summed E-state index contributed by atoms with van der Waals surface area (Å²) in [6.45, 7) is 11.3. The first-order valence-electron chi connectivity index (χ1n) is 9.81. The highest BCUT2D eigenvalue weighted by Gasteiger charge is 2.18. The summed E-state index contributed by atoms with van der Waals surface area (Å²) in [7, 11) is 0. The molecule has 0 aliphatic rings. The van der Waals surface area contributed by atoms with Crippen molar-refractivity contribution in [2.45, 2.75) is 19.3 Å². The number of hydrogen-bond donors (Lipinski definition) is 3. The Morgan fingerprint density at radius 3 is 1.30 bits per heavy atom. The summed E-state index contributed by atoms with van der Waals surface area (Å²) in [4.78, 5) is 0. The molecule has 3 rings (SSSR count). The lowest BCUT2D eigenvalue weighted by Gasteiger charge is -2.16. The topological polar surface area (TPSA) is 60.7 Å². The maximum atomic E-state index is 11.2. The van der Waals surface area contributed by atoms with E-state index in [2.05, 4.69) is 19.7 Å². The van der Waals surface area contributed by atoms with Gasteiger partial charge >= 0.3 is 0 Å². The van der Waals surface area contributed by atoms with Crippen LogP contribution in [0.25, 0.3) is 22.3 Å². The molecule has 3 heteroatoms. The lowest BCUT2D eigenvalue weighted by atomic mass is 9.91. The Kier molecular flexibility index (Phi) is 6.43. The Morgan fingerprint density at radius 2 is 0.900 bits per heavy atom. The fraction of sp³-hybridized carbons (Fsp3) is 0.111. The van der Waals surface area contributed by atoms with Crippen LogP contribution in [0.1, 0.15) is 16.7 Å². The van der Waals surface area contributed by atoms with Crippen LogP contribution in [0.2, 0.25) is 0 Å². The Hall–Kier alpha value is -3.72. The van der Waals surface area contributed by atoms with Crippen LogP contribution in [-0.4, -0.2) is 15.3 Å². The molecule has 0 bridgehead atoms. The van der Waals surface area contributed by atoms with Gasteiger partial charge in [-0.05, 0) is 72.4 Å². The van der Waals surface area contributed by atoms with E-state index in [9.17, 15) is 15.3 Å². The zero-order valence-electron chi connectivity index (χ0n) is 16.9. The third kappa shape index (κ3) is 4.31. The smallest absolute Gasteiger partial charge is 0.131 e. The first-order chi connectivity index (χ1) is 14.5. The minimum Gasteiger partial charge on any atom is -0.507 e. The van der Waals surface area contributed by atoms with Crippen molar-refractivity contribution in [2.75, 3.05) is 0 Å². The molecular formula is C27H26O3. The van der Waals surface area contributed by atoms with Crippen molar-refractivity contribution in [3.63, 3.8) is 0 Å². The summed E-state index contributed by atoms with van der Waals surface area (Å²) < 4.78 is 0. The van der Waals surface area contributed by atoms with Crippen LogP contribution in [0.3, 0.4) is 0 Å². The van der Waals surface area contributed by atoms with E-state index in [1.165, 1.54) is 0 Å². The van der Waals surface area contributed by atoms with E-state index in [0.29, 0.717) is 41.5 Å². The molecule has 0 saturated carbocycles. The molecule has 3 aromatic carbocycles. The first-order valence-corrected chi connectivity index (χ1v) is 9.81. The number of phenolic OH excluding ortho intramolecular Hbond substituents is 3. The van der Waals surface area contributed by atoms with Gasteiger partial charge < -0.3 is 15.3 Å². The molecule has 0 unspecified atom stereocenters. The van der Waals surface area contributed by atoms with Crippen LogP contribution in [0, 0.1) is 0 Å². The summed E-state index contributed by atoms with van der Waals surface area (Å²) in [5.74, 6) is 0.147. The molecule has 3 N–H and O–H groups in total. The Balaban J connectivity index is 2.27. The second-order valence-electron chi connectivity index (χ2n) is 7.22. The van der Waals surface area contributed by atoms with Gasteiger partial charge in [0.25, 0.3) is 0 Å². The fourth-order valence-electron chi connectivity index (χ4n) is 3.57. The van der Waals surface area contributed by atoms with E-state index in [1.54, 1.807) is 30.4 Å². The van der Waals surface area contributed by atoms with Gasteiger partial charge in [0.1, 0.15) is 17.2 Å². The van der Waals surface area contributed by atoms with Crippen LogP contribution >= 0.6 is 0 Å². The van der Waals surface area contributed by atoms with Gasteiger partial charge in [0.2, 0.25) is 0 Å². The molecule has 3 aromatic rings. The number of hydrogen-bond acceptors (Lipinski definition) is 3. The largest absolute Gasteiger partial charge is 0.507 e. The third-order valence-corrected chi connectivity index (χ3v) is 5.01. The summed E-state index contributed by atoms with van der Waals surface area (Å²) >= 11 is 0. The van der Waals surface area contributed by atoms with Crippen molar-refractivity contribution in [3.8, 4) is 39.5 Å². The number of aromatic hydroxyl groups is 3. The third-order valence-electron chi connectivity index (χ3n) is 5.01. The predicted octanol–water partition coefficient (Wildman–Crippen LogP) is 6.32. The Labute approximate surface area is 177 Å². The number of rotatable bonds is 8. The highest BCUT2D eigenvalue weighted by Crippen LogP contribution is 2.45. The summed E-state index contributed by atoms with van der Waals surface area (Å²) in [5.41, 5.74) is 4.92. The van der Waals surface area contributed by atoms with Gasteiger partial charge in [-0.1, -0.05) is 30.4 Å².